The van der Waals surface area contributed by atoms with E-state index >= 15 is 0 Å². The van der Waals surface area contributed by atoms with Crippen LogP contribution in [0.15, 0.2) is 17.0 Å². The maximum Gasteiger partial charge on any atom is 0.241 e. The van der Waals surface area contributed by atoms with Gasteiger partial charge >= 0.3 is 0 Å². The zero-order chi connectivity index (χ0) is 15.6. The van der Waals surface area contributed by atoms with Gasteiger partial charge in [0.25, 0.3) is 0 Å². The Bertz CT molecular complexity index is 619. The Labute approximate surface area is 124 Å². The fourth-order valence-corrected chi connectivity index (χ4v) is 4.13. The lowest BCUT2D eigenvalue weighted by Gasteiger charge is -2.28. The molecule has 2 N–H and O–H groups in total. The molecule has 1 heterocycles. The number of rotatable bonds is 4. The SMILES string of the molecule is COc1ccc(S(=O)(=O)NC2CCNC(C)C2)c(C)c1F. The van der Waals surface area contributed by atoms with Crippen LogP contribution in [0.5, 0.6) is 5.75 Å². The highest BCUT2D eigenvalue weighted by Gasteiger charge is 2.26. The number of ether oxygens (including phenoxy) is 1. The van der Waals surface area contributed by atoms with Crippen LogP contribution in [0.4, 0.5) is 4.39 Å². The zero-order valence-corrected chi connectivity index (χ0v) is 13.3. The molecular formula is C14H21FN2O3S. The van der Waals surface area contributed by atoms with E-state index in [0.29, 0.717) is 0 Å². The molecule has 21 heavy (non-hydrogen) atoms. The molecule has 1 aromatic rings. The number of methoxy groups -OCH3 is 1. The molecule has 0 aromatic heterocycles. The highest BCUT2D eigenvalue weighted by Crippen LogP contribution is 2.26. The van der Waals surface area contributed by atoms with Crippen LogP contribution in [0.1, 0.15) is 25.3 Å². The van der Waals surface area contributed by atoms with Crippen molar-refractivity contribution < 1.29 is 17.5 Å². The van der Waals surface area contributed by atoms with E-state index in [9.17, 15) is 12.8 Å². The summed E-state index contributed by atoms with van der Waals surface area (Å²) in [5, 5.41) is 3.26. The van der Waals surface area contributed by atoms with Crippen LogP contribution in [0.3, 0.4) is 0 Å². The Morgan fingerprint density at radius 1 is 1.43 bits per heavy atom. The fraction of sp³-hybridized carbons (Fsp3) is 0.571. The lowest BCUT2D eigenvalue weighted by atomic mass is 10.0. The summed E-state index contributed by atoms with van der Waals surface area (Å²) in [6.07, 6.45) is 1.44. The van der Waals surface area contributed by atoms with Crippen LogP contribution in [0.25, 0.3) is 0 Å². The Morgan fingerprint density at radius 2 is 2.14 bits per heavy atom. The second-order valence-electron chi connectivity index (χ2n) is 5.40. The molecule has 7 heteroatoms. The lowest BCUT2D eigenvalue weighted by molar-refractivity contribution is 0.361. The molecule has 1 fully saturated rings. The summed E-state index contributed by atoms with van der Waals surface area (Å²) in [6, 6.07) is 2.85. The van der Waals surface area contributed by atoms with E-state index in [-0.39, 0.29) is 28.3 Å². The molecular weight excluding hydrogens is 295 g/mol. The van der Waals surface area contributed by atoms with Gasteiger partial charge in [-0.1, -0.05) is 0 Å². The van der Waals surface area contributed by atoms with Crippen LogP contribution in [0.2, 0.25) is 0 Å². The Hall–Kier alpha value is -1.18. The largest absolute Gasteiger partial charge is 0.494 e. The van der Waals surface area contributed by atoms with Gasteiger partial charge in [0.2, 0.25) is 10.0 Å². The van der Waals surface area contributed by atoms with Crippen molar-refractivity contribution in [3.8, 4) is 5.75 Å². The van der Waals surface area contributed by atoms with Crippen LogP contribution >= 0.6 is 0 Å². The average molecular weight is 316 g/mol. The molecule has 2 atom stereocenters. The van der Waals surface area contributed by atoms with Gasteiger partial charge in [-0.2, -0.15) is 0 Å². The van der Waals surface area contributed by atoms with Gasteiger partial charge in [-0.3, -0.25) is 0 Å². The predicted octanol–water partition coefficient (Wildman–Crippen LogP) is 1.56. The third-order valence-corrected chi connectivity index (χ3v) is 5.42. The number of hydrogen-bond acceptors (Lipinski definition) is 4. The molecule has 2 unspecified atom stereocenters. The maximum absolute atomic E-state index is 14.0. The minimum atomic E-state index is -3.73. The summed E-state index contributed by atoms with van der Waals surface area (Å²) in [6.45, 7) is 4.22. The van der Waals surface area contributed by atoms with Crippen molar-refractivity contribution >= 4 is 10.0 Å². The van der Waals surface area contributed by atoms with Crippen LogP contribution < -0.4 is 14.8 Å². The Morgan fingerprint density at radius 3 is 2.76 bits per heavy atom. The summed E-state index contributed by atoms with van der Waals surface area (Å²) < 4.78 is 46.4. The second-order valence-corrected chi connectivity index (χ2v) is 7.09. The van der Waals surface area contributed by atoms with Gasteiger partial charge in [0, 0.05) is 17.6 Å². The molecule has 118 valence electrons. The topological polar surface area (TPSA) is 67.4 Å². The third kappa shape index (κ3) is 3.53. The van der Waals surface area contributed by atoms with Crippen LogP contribution in [0, 0.1) is 12.7 Å². The first kappa shape index (κ1) is 16.2. The van der Waals surface area contributed by atoms with Crippen molar-refractivity contribution in [2.24, 2.45) is 0 Å². The van der Waals surface area contributed by atoms with Crippen molar-refractivity contribution in [1.29, 1.82) is 0 Å². The molecule has 1 aromatic carbocycles. The van der Waals surface area contributed by atoms with E-state index in [1.807, 2.05) is 6.92 Å². The number of nitrogens with one attached hydrogen (secondary N) is 2. The monoisotopic (exact) mass is 316 g/mol. The summed E-state index contributed by atoms with van der Waals surface area (Å²) in [4.78, 5) is -0.0352. The first-order valence-corrected chi connectivity index (χ1v) is 8.42. The molecule has 1 saturated heterocycles. The molecule has 1 aliphatic rings. The first-order valence-electron chi connectivity index (χ1n) is 6.94. The molecule has 0 aliphatic carbocycles. The Balaban J connectivity index is 2.25. The van der Waals surface area contributed by atoms with Gasteiger partial charge in [-0.15, -0.1) is 0 Å². The van der Waals surface area contributed by atoms with Gasteiger partial charge in [0.1, 0.15) is 0 Å². The molecule has 0 saturated carbocycles. The second kappa shape index (κ2) is 6.29. The standard InChI is InChI=1S/C14H21FN2O3S/c1-9-8-11(6-7-16-9)17-21(18,19)13-5-4-12(20-3)14(15)10(13)2/h4-5,9,11,16-17H,6-8H2,1-3H3. The number of benzene rings is 1. The first-order chi connectivity index (χ1) is 9.85. The summed E-state index contributed by atoms with van der Waals surface area (Å²) in [7, 11) is -2.39. The number of hydrogen-bond donors (Lipinski definition) is 2. The van der Waals surface area contributed by atoms with Gasteiger partial charge in [-0.05, 0) is 45.4 Å². The third-order valence-electron chi connectivity index (χ3n) is 3.76. The highest BCUT2D eigenvalue weighted by atomic mass is 32.2. The van der Waals surface area contributed by atoms with Crippen LogP contribution in [-0.4, -0.2) is 34.2 Å². The van der Waals surface area contributed by atoms with Crippen molar-refractivity contribution in [2.75, 3.05) is 13.7 Å². The average Bonchev–Trinajstić information content (AvgIpc) is 2.41. The molecule has 0 radical (unpaired) electrons. The summed E-state index contributed by atoms with van der Waals surface area (Å²) in [5.74, 6) is -0.596. The molecule has 0 amide bonds. The summed E-state index contributed by atoms with van der Waals surface area (Å²) in [5.41, 5.74) is 0.0730. The molecule has 5 nitrogen and oxygen atoms in total. The number of piperidine rings is 1. The molecule has 2 rings (SSSR count). The smallest absolute Gasteiger partial charge is 0.241 e. The lowest BCUT2D eigenvalue weighted by Crippen LogP contribution is -2.46. The van der Waals surface area contributed by atoms with Crippen molar-refractivity contribution in [1.82, 2.24) is 10.0 Å². The van der Waals surface area contributed by atoms with E-state index in [1.54, 1.807) is 0 Å². The maximum atomic E-state index is 14.0. The van der Waals surface area contributed by atoms with E-state index in [2.05, 4.69) is 10.0 Å². The van der Waals surface area contributed by atoms with Crippen LogP contribution in [-0.2, 0) is 10.0 Å². The number of halogens is 1. The predicted molar refractivity (Wildman–Crippen MR) is 78.5 cm³/mol. The van der Waals surface area contributed by atoms with E-state index in [4.69, 9.17) is 4.74 Å². The van der Waals surface area contributed by atoms with Crippen molar-refractivity contribution in [3.63, 3.8) is 0 Å². The van der Waals surface area contributed by atoms with E-state index in [1.165, 1.54) is 26.2 Å². The van der Waals surface area contributed by atoms with Gasteiger partial charge < -0.3 is 10.1 Å². The highest BCUT2D eigenvalue weighted by molar-refractivity contribution is 7.89. The zero-order valence-electron chi connectivity index (χ0n) is 12.4. The van der Waals surface area contributed by atoms with Crippen molar-refractivity contribution in [2.45, 2.75) is 43.7 Å². The van der Waals surface area contributed by atoms with E-state index in [0.717, 1.165) is 19.4 Å². The Kier molecular flexibility index (Phi) is 4.85. The normalized spacial score (nSPS) is 23.0. The van der Waals surface area contributed by atoms with E-state index < -0.39 is 15.8 Å². The number of sulfonamides is 1. The molecule has 1 aliphatic heterocycles. The van der Waals surface area contributed by atoms with Gasteiger partial charge in [0.05, 0.1) is 12.0 Å². The minimum Gasteiger partial charge on any atom is -0.494 e. The van der Waals surface area contributed by atoms with Crippen molar-refractivity contribution in [3.05, 3.63) is 23.5 Å². The molecule has 0 spiro atoms. The minimum absolute atomic E-state index is 0.0352. The molecule has 0 bridgehead atoms. The summed E-state index contributed by atoms with van der Waals surface area (Å²) >= 11 is 0. The fourth-order valence-electron chi connectivity index (χ4n) is 2.61. The van der Waals surface area contributed by atoms with Gasteiger partial charge in [0.15, 0.2) is 11.6 Å². The quantitative estimate of drug-likeness (QED) is 0.885. The van der Waals surface area contributed by atoms with Gasteiger partial charge in [-0.25, -0.2) is 17.5 Å².